The van der Waals surface area contributed by atoms with Gasteiger partial charge in [-0.05, 0) is 38.8 Å². The van der Waals surface area contributed by atoms with Gasteiger partial charge in [-0.1, -0.05) is 6.07 Å². The van der Waals surface area contributed by atoms with Crippen LogP contribution >= 0.6 is 0 Å². The van der Waals surface area contributed by atoms with Crippen LogP contribution in [0.5, 0.6) is 0 Å². The molecule has 140 valence electrons. The van der Waals surface area contributed by atoms with E-state index in [0.717, 1.165) is 16.7 Å². The Morgan fingerprint density at radius 2 is 2.00 bits per heavy atom. The van der Waals surface area contributed by atoms with Crippen LogP contribution in [0.4, 0.5) is 0 Å². The summed E-state index contributed by atoms with van der Waals surface area (Å²) in [6, 6.07) is 5.76. The van der Waals surface area contributed by atoms with Crippen molar-refractivity contribution in [2.45, 2.75) is 38.3 Å². The zero-order chi connectivity index (χ0) is 19.0. The topological polar surface area (TPSA) is 84.1 Å². The van der Waals surface area contributed by atoms with E-state index in [2.05, 4.69) is 28.8 Å². The van der Waals surface area contributed by atoms with Gasteiger partial charge in [-0.2, -0.15) is 0 Å². The summed E-state index contributed by atoms with van der Waals surface area (Å²) >= 11 is 0. The third-order valence-corrected chi connectivity index (χ3v) is 5.29. The summed E-state index contributed by atoms with van der Waals surface area (Å²) in [7, 11) is 0. The summed E-state index contributed by atoms with van der Waals surface area (Å²) in [5.41, 5.74) is 1.91. The predicted octanol–water partition coefficient (Wildman–Crippen LogP) is 2.53. The van der Waals surface area contributed by atoms with E-state index >= 15 is 0 Å². The lowest BCUT2D eigenvalue weighted by molar-refractivity contribution is -0.0213. The van der Waals surface area contributed by atoms with Crippen molar-refractivity contribution in [3.8, 4) is 0 Å². The maximum Gasteiger partial charge on any atom is 0.255 e. The number of likely N-dealkylation sites (tertiary alicyclic amines) is 1. The Morgan fingerprint density at radius 1 is 1.22 bits per heavy atom. The lowest BCUT2D eigenvalue weighted by Gasteiger charge is -2.38. The number of hydrogen-bond acceptors (Lipinski definition) is 5. The first-order chi connectivity index (χ1) is 13.0. The zero-order valence-corrected chi connectivity index (χ0v) is 15.5. The van der Waals surface area contributed by atoms with Gasteiger partial charge in [-0.15, -0.1) is 0 Å². The van der Waals surface area contributed by atoms with Crippen molar-refractivity contribution in [3.63, 3.8) is 0 Å². The largest absolute Gasteiger partial charge is 0.385 e. The molecule has 1 fully saturated rings. The Bertz CT molecular complexity index is 959. The Kier molecular flexibility index (Phi) is 4.39. The minimum Gasteiger partial charge on any atom is -0.385 e. The van der Waals surface area contributed by atoms with Crippen LogP contribution in [0, 0.1) is 0 Å². The molecule has 27 heavy (non-hydrogen) atoms. The molecular weight excluding hydrogens is 342 g/mol. The van der Waals surface area contributed by atoms with Crippen LogP contribution in [0.15, 0.2) is 43.1 Å². The number of carbonyl (C=O) groups is 1. The van der Waals surface area contributed by atoms with Gasteiger partial charge in [0.15, 0.2) is 5.65 Å². The summed E-state index contributed by atoms with van der Waals surface area (Å²) < 4.78 is 1.98. The second kappa shape index (κ2) is 6.74. The molecule has 4 heterocycles. The monoisotopic (exact) mass is 365 g/mol. The summed E-state index contributed by atoms with van der Waals surface area (Å²) in [6.45, 7) is 5.11. The minimum atomic E-state index is -0.927. The molecule has 1 aliphatic heterocycles. The van der Waals surface area contributed by atoms with E-state index in [0.29, 0.717) is 31.5 Å². The molecule has 0 spiro atoms. The molecule has 7 heteroatoms. The molecule has 0 unspecified atom stereocenters. The van der Waals surface area contributed by atoms with Crippen molar-refractivity contribution in [3.05, 3.63) is 54.2 Å². The van der Waals surface area contributed by atoms with E-state index in [1.807, 2.05) is 16.7 Å². The van der Waals surface area contributed by atoms with E-state index in [4.69, 9.17) is 0 Å². The van der Waals surface area contributed by atoms with Crippen molar-refractivity contribution in [2.75, 3.05) is 13.1 Å². The molecular formula is C20H23N5O2. The normalized spacial score (nSPS) is 16.8. The third-order valence-electron chi connectivity index (χ3n) is 5.29. The molecule has 1 amide bonds. The number of amides is 1. The molecule has 7 nitrogen and oxygen atoms in total. The van der Waals surface area contributed by atoms with Gasteiger partial charge in [0, 0.05) is 43.3 Å². The van der Waals surface area contributed by atoms with Crippen LogP contribution in [-0.4, -0.2) is 48.5 Å². The van der Waals surface area contributed by atoms with Crippen LogP contribution in [0.3, 0.4) is 0 Å². The molecule has 3 aromatic rings. The molecule has 0 radical (unpaired) electrons. The number of carbonyl (C=O) groups excluding carboxylic acids is 1. The van der Waals surface area contributed by atoms with Crippen LogP contribution in [0.2, 0.25) is 0 Å². The van der Waals surface area contributed by atoms with E-state index in [9.17, 15) is 9.90 Å². The molecule has 0 saturated carbocycles. The smallest absolute Gasteiger partial charge is 0.255 e. The number of rotatable bonds is 3. The van der Waals surface area contributed by atoms with Crippen LogP contribution in [0.25, 0.3) is 11.2 Å². The van der Waals surface area contributed by atoms with Gasteiger partial charge in [0.25, 0.3) is 5.91 Å². The summed E-state index contributed by atoms with van der Waals surface area (Å²) in [5.74, 6) is -0.0725. The quantitative estimate of drug-likeness (QED) is 0.771. The Balaban J connectivity index is 1.50. The van der Waals surface area contributed by atoms with Crippen molar-refractivity contribution < 1.29 is 9.90 Å². The van der Waals surface area contributed by atoms with E-state index in [1.165, 1.54) is 0 Å². The van der Waals surface area contributed by atoms with Gasteiger partial charge >= 0.3 is 0 Å². The van der Waals surface area contributed by atoms with Gasteiger partial charge in [0.05, 0.1) is 17.5 Å². The predicted molar refractivity (Wildman–Crippen MR) is 101 cm³/mol. The number of aromatic nitrogens is 4. The first-order valence-electron chi connectivity index (χ1n) is 9.23. The van der Waals surface area contributed by atoms with Crippen molar-refractivity contribution in [2.24, 2.45) is 0 Å². The third kappa shape index (κ3) is 3.19. The fraction of sp³-hybridized carbons (Fsp3) is 0.400. The standard InChI is InChI=1S/C20H23N5O2/c1-14(2)25-13-23-17-10-15(11-22-18(17)25)19(26)24-8-5-20(27,6-9-24)16-4-3-7-21-12-16/h3-4,7,10-14,27H,5-6,8-9H2,1-2H3. The van der Waals surface area contributed by atoms with E-state index < -0.39 is 5.60 Å². The van der Waals surface area contributed by atoms with Gasteiger partial charge < -0.3 is 14.6 Å². The molecule has 4 rings (SSSR count). The lowest BCUT2D eigenvalue weighted by atomic mass is 9.85. The highest BCUT2D eigenvalue weighted by Crippen LogP contribution is 2.32. The van der Waals surface area contributed by atoms with Gasteiger partial charge in [0.1, 0.15) is 5.52 Å². The summed E-state index contributed by atoms with van der Waals surface area (Å²) in [6.07, 6.45) is 7.73. The second-order valence-corrected chi connectivity index (χ2v) is 7.38. The number of fused-ring (bicyclic) bond motifs is 1. The molecule has 0 bridgehead atoms. The van der Waals surface area contributed by atoms with Gasteiger partial charge in [0.2, 0.25) is 0 Å². The molecule has 0 aromatic carbocycles. The van der Waals surface area contributed by atoms with Gasteiger partial charge in [-0.3, -0.25) is 9.78 Å². The van der Waals surface area contributed by atoms with E-state index in [1.54, 1.807) is 35.9 Å². The highest BCUT2D eigenvalue weighted by atomic mass is 16.3. The Morgan fingerprint density at radius 3 is 2.67 bits per heavy atom. The summed E-state index contributed by atoms with van der Waals surface area (Å²) in [4.78, 5) is 27.6. The van der Waals surface area contributed by atoms with Crippen LogP contribution in [0.1, 0.15) is 48.7 Å². The first-order valence-corrected chi connectivity index (χ1v) is 9.23. The molecule has 1 N–H and O–H groups in total. The fourth-order valence-electron chi connectivity index (χ4n) is 3.60. The van der Waals surface area contributed by atoms with Gasteiger partial charge in [-0.25, -0.2) is 9.97 Å². The van der Waals surface area contributed by atoms with Crippen LogP contribution in [-0.2, 0) is 5.60 Å². The Hall–Kier alpha value is -2.80. The minimum absolute atomic E-state index is 0.0725. The van der Waals surface area contributed by atoms with E-state index in [-0.39, 0.29) is 11.9 Å². The molecule has 0 atom stereocenters. The molecule has 1 saturated heterocycles. The maximum atomic E-state index is 12.9. The number of nitrogens with zero attached hydrogens (tertiary/aromatic N) is 5. The average Bonchev–Trinajstić information content (AvgIpc) is 3.12. The number of aliphatic hydroxyl groups is 1. The number of piperidine rings is 1. The average molecular weight is 365 g/mol. The molecule has 1 aliphatic rings. The van der Waals surface area contributed by atoms with Crippen molar-refractivity contribution >= 4 is 17.1 Å². The highest BCUT2D eigenvalue weighted by molar-refractivity contribution is 5.96. The maximum absolute atomic E-state index is 12.9. The zero-order valence-electron chi connectivity index (χ0n) is 15.5. The van der Waals surface area contributed by atoms with Crippen LogP contribution < -0.4 is 0 Å². The number of hydrogen-bond donors (Lipinski definition) is 1. The van der Waals surface area contributed by atoms with Crippen molar-refractivity contribution in [1.29, 1.82) is 0 Å². The fourth-order valence-corrected chi connectivity index (χ4v) is 3.60. The van der Waals surface area contributed by atoms with Crippen molar-refractivity contribution in [1.82, 2.24) is 24.4 Å². The molecule has 0 aliphatic carbocycles. The number of imidazole rings is 1. The Labute approximate surface area is 157 Å². The SMILES string of the molecule is CC(C)n1cnc2cc(C(=O)N3CCC(O)(c4cccnc4)CC3)cnc21. The second-order valence-electron chi connectivity index (χ2n) is 7.38. The highest BCUT2D eigenvalue weighted by Gasteiger charge is 2.35. The summed E-state index contributed by atoms with van der Waals surface area (Å²) in [5, 5.41) is 10.9. The first kappa shape index (κ1) is 17.6. The number of pyridine rings is 2. The lowest BCUT2D eigenvalue weighted by Crippen LogP contribution is -2.45. The molecule has 3 aromatic heterocycles.